The fourth-order valence-corrected chi connectivity index (χ4v) is 5.96. The van der Waals surface area contributed by atoms with Crippen molar-refractivity contribution in [3.8, 4) is 0 Å². The van der Waals surface area contributed by atoms with Crippen molar-refractivity contribution in [2.24, 2.45) is 22.7 Å². The maximum Gasteiger partial charge on any atom is 0.291 e. The Morgan fingerprint density at radius 3 is 2.38 bits per heavy atom. The Hall–Kier alpha value is -3.73. The van der Waals surface area contributed by atoms with Gasteiger partial charge < -0.3 is 29.6 Å². The zero-order valence-corrected chi connectivity index (χ0v) is 23.4. The summed E-state index contributed by atoms with van der Waals surface area (Å²) in [5.74, 6) is -1.53. The summed E-state index contributed by atoms with van der Waals surface area (Å²) in [6, 6.07) is 8.63. The summed E-state index contributed by atoms with van der Waals surface area (Å²) in [5, 5.41) is 5.52. The molecule has 3 heterocycles. The second-order valence-corrected chi connectivity index (χ2v) is 12.0. The third-order valence-corrected chi connectivity index (χ3v) is 8.68. The average molecular weight is 552 g/mol. The van der Waals surface area contributed by atoms with Crippen LogP contribution in [0.2, 0.25) is 0 Å². The van der Waals surface area contributed by atoms with Gasteiger partial charge in [0.2, 0.25) is 23.5 Å². The van der Waals surface area contributed by atoms with Gasteiger partial charge in [0.05, 0.1) is 24.8 Å². The molecule has 4 amide bonds. The van der Waals surface area contributed by atoms with E-state index in [1.807, 2.05) is 30.3 Å². The van der Waals surface area contributed by atoms with Crippen molar-refractivity contribution < 1.29 is 28.3 Å². The number of hydrogen-bond acceptors (Lipinski definition) is 7. The lowest BCUT2D eigenvalue weighted by molar-refractivity contribution is -0.152. The minimum atomic E-state index is -0.942. The molecule has 1 aromatic carbocycles. The van der Waals surface area contributed by atoms with Crippen molar-refractivity contribution in [1.82, 2.24) is 25.4 Å². The SMILES string of the molecule is CNC(=O)[C@@H](NC(=O)[C@@H]1CN(C(=O)c2cnco2)CC12CN(C(=O)[C@H]1CC1(C)C)C2)[C@@H](C)OCc1ccccc1. The molecule has 2 aromatic rings. The molecular weight excluding hydrogens is 514 g/mol. The van der Waals surface area contributed by atoms with Crippen LogP contribution in [-0.4, -0.2) is 83.8 Å². The number of likely N-dealkylation sites (tertiary alicyclic amines) is 2. The number of nitrogens with zero attached hydrogens (tertiary/aromatic N) is 3. The number of nitrogens with one attached hydrogen (secondary N) is 2. The van der Waals surface area contributed by atoms with Gasteiger partial charge in [0.15, 0.2) is 6.39 Å². The summed E-state index contributed by atoms with van der Waals surface area (Å²) in [6.45, 7) is 7.38. The normalized spacial score (nSPS) is 23.7. The van der Waals surface area contributed by atoms with E-state index in [-0.39, 0.29) is 53.9 Å². The molecule has 2 N–H and O–H groups in total. The van der Waals surface area contributed by atoms with Gasteiger partial charge in [-0.15, -0.1) is 0 Å². The molecule has 3 aliphatic rings. The van der Waals surface area contributed by atoms with Crippen LogP contribution in [-0.2, 0) is 25.7 Å². The van der Waals surface area contributed by atoms with Crippen LogP contribution < -0.4 is 10.6 Å². The molecule has 3 fully saturated rings. The summed E-state index contributed by atoms with van der Waals surface area (Å²) >= 11 is 0. The molecule has 1 saturated carbocycles. The highest BCUT2D eigenvalue weighted by atomic mass is 16.5. The van der Waals surface area contributed by atoms with E-state index in [9.17, 15) is 19.2 Å². The van der Waals surface area contributed by atoms with Crippen molar-refractivity contribution in [1.29, 1.82) is 0 Å². The van der Waals surface area contributed by atoms with Crippen LogP contribution in [0, 0.1) is 22.7 Å². The first-order chi connectivity index (χ1) is 19.0. The summed E-state index contributed by atoms with van der Waals surface area (Å²) < 4.78 is 11.2. The molecule has 5 rings (SSSR count). The molecule has 2 aliphatic heterocycles. The number of carbonyl (C=O) groups is 4. The van der Waals surface area contributed by atoms with E-state index < -0.39 is 23.5 Å². The van der Waals surface area contributed by atoms with Crippen LogP contribution in [0.4, 0.5) is 0 Å². The van der Waals surface area contributed by atoms with Crippen LogP contribution in [0.25, 0.3) is 0 Å². The van der Waals surface area contributed by atoms with Gasteiger partial charge in [0.1, 0.15) is 6.04 Å². The highest BCUT2D eigenvalue weighted by Crippen LogP contribution is 2.54. The highest BCUT2D eigenvalue weighted by molar-refractivity contribution is 5.94. The van der Waals surface area contributed by atoms with Crippen molar-refractivity contribution in [3.63, 3.8) is 0 Å². The summed E-state index contributed by atoms with van der Waals surface area (Å²) in [4.78, 5) is 60.0. The molecule has 0 bridgehead atoms. The molecule has 1 aliphatic carbocycles. The number of benzene rings is 1. The van der Waals surface area contributed by atoms with Crippen molar-refractivity contribution in [2.45, 2.75) is 45.9 Å². The fraction of sp³-hybridized carbons (Fsp3) is 0.552. The van der Waals surface area contributed by atoms with Crippen molar-refractivity contribution >= 4 is 23.6 Å². The maximum atomic E-state index is 13.8. The Morgan fingerprint density at radius 2 is 1.77 bits per heavy atom. The van der Waals surface area contributed by atoms with Crippen LogP contribution in [0.3, 0.4) is 0 Å². The number of oxazole rings is 1. The maximum absolute atomic E-state index is 13.8. The molecule has 4 atom stereocenters. The molecule has 0 radical (unpaired) electrons. The van der Waals surface area contributed by atoms with E-state index in [1.54, 1.807) is 16.7 Å². The third kappa shape index (κ3) is 5.34. The predicted molar refractivity (Wildman–Crippen MR) is 143 cm³/mol. The number of rotatable bonds is 9. The Morgan fingerprint density at radius 1 is 1.10 bits per heavy atom. The van der Waals surface area contributed by atoms with E-state index >= 15 is 0 Å². The van der Waals surface area contributed by atoms with Crippen molar-refractivity contribution in [3.05, 3.63) is 54.2 Å². The molecule has 11 nitrogen and oxygen atoms in total. The molecule has 2 saturated heterocycles. The number of hydrogen-bond donors (Lipinski definition) is 2. The van der Waals surface area contributed by atoms with Gasteiger partial charge >= 0.3 is 0 Å². The van der Waals surface area contributed by atoms with E-state index in [4.69, 9.17) is 9.15 Å². The number of likely N-dealkylation sites (N-methyl/N-ethyl adjacent to an activating group) is 1. The Labute approximate surface area is 233 Å². The quantitative estimate of drug-likeness (QED) is 0.482. The smallest absolute Gasteiger partial charge is 0.291 e. The largest absolute Gasteiger partial charge is 0.438 e. The lowest BCUT2D eigenvalue weighted by Gasteiger charge is -2.50. The van der Waals surface area contributed by atoms with E-state index in [0.717, 1.165) is 12.0 Å². The molecular formula is C29H37N5O6. The number of carbonyl (C=O) groups excluding carboxylic acids is 4. The molecule has 0 unspecified atom stereocenters. The molecule has 214 valence electrons. The van der Waals surface area contributed by atoms with E-state index in [0.29, 0.717) is 19.6 Å². The topological polar surface area (TPSA) is 134 Å². The fourth-order valence-electron chi connectivity index (χ4n) is 5.96. The first-order valence-electron chi connectivity index (χ1n) is 13.7. The predicted octanol–water partition coefficient (Wildman–Crippen LogP) is 1.46. The molecule has 40 heavy (non-hydrogen) atoms. The number of aromatic nitrogens is 1. The zero-order chi connectivity index (χ0) is 28.7. The standard InChI is InChI=1S/C29H37N5O6/c1-18(39-13-19-8-6-5-7-9-19)23(25(36)30-4)32-24(35)21-12-33(27(38)22-11-31-17-40-22)14-29(21)15-34(16-29)26(37)20-10-28(20,2)3/h5-9,11,17-18,20-21,23H,10,12-16H2,1-4H3,(H,30,36)(H,32,35)/t18-,20-,21+,23+/m1/s1. The van der Waals surface area contributed by atoms with Crippen LogP contribution in [0.15, 0.2) is 47.3 Å². The van der Waals surface area contributed by atoms with Crippen LogP contribution in [0.5, 0.6) is 0 Å². The molecule has 11 heteroatoms. The average Bonchev–Trinajstić information content (AvgIpc) is 3.30. The second kappa shape index (κ2) is 10.7. The lowest BCUT2D eigenvalue weighted by atomic mass is 9.70. The Bertz CT molecular complexity index is 1260. The number of amides is 4. The number of ether oxygens (including phenoxy) is 1. The van der Waals surface area contributed by atoms with Gasteiger partial charge in [-0.05, 0) is 24.3 Å². The zero-order valence-electron chi connectivity index (χ0n) is 23.4. The lowest BCUT2D eigenvalue weighted by Crippen LogP contribution is -2.65. The van der Waals surface area contributed by atoms with Gasteiger partial charge in [0, 0.05) is 44.6 Å². The minimum absolute atomic E-state index is 0.00278. The Kier molecular flexibility index (Phi) is 7.43. The molecule has 1 aromatic heterocycles. The van der Waals surface area contributed by atoms with Crippen molar-refractivity contribution in [2.75, 3.05) is 33.2 Å². The van der Waals surface area contributed by atoms with Gasteiger partial charge in [-0.25, -0.2) is 4.98 Å². The van der Waals surface area contributed by atoms with Gasteiger partial charge in [0.25, 0.3) is 5.91 Å². The monoisotopic (exact) mass is 551 g/mol. The summed E-state index contributed by atoms with van der Waals surface area (Å²) in [6.07, 6.45) is 2.77. The van der Waals surface area contributed by atoms with E-state index in [1.165, 1.54) is 19.6 Å². The van der Waals surface area contributed by atoms with Gasteiger partial charge in [-0.3, -0.25) is 19.2 Å². The first-order valence-corrected chi connectivity index (χ1v) is 13.7. The van der Waals surface area contributed by atoms with Gasteiger partial charge in [-0.2, -0.15) is 0 Å². The Balaban J connectivity index is 1.31. The summed E-state index contributed by atoms with van der Waals surface area (Å²) in [5.41, 5.74) is 0.332. The third-order valence-electron chi connectivity index (χ3n) is 8.68. The van der Waals surface area contributed by atoms with Crippen LogP contribution in [0.1, 0.15) is 43.3 Å². The highest BCUT2D eigenvalue weighted by Gasteiger charge is 2.62. The van der Waals surface area contributed by atoms with Crippen LogP contribution >= 0.6 is 0 Å². The second-order valence-electron chi connectivity index (χ2n) is 12.0. The van der Waals surface area contributed by atoms with Gasteiger partial charge in [-0.1, -0.05) is 44.2 Å². The first kappa shape index (κ1) is 27.8. The molecule has 1 spiro atoms. The summed E-state index contributed by atoms with van der Waals surface area (Å²) in [7, 11) is 1.51. The minimum Gasteiger partial charge on any atom is -0.438 e. The van der Waals surface area contributed by atoms with E-state index in [2.05, 4.69) is 29.5 Å².